The SMILES string of the molecule is Cc1ccc(C)c(-c2cc(-c3n[nH]c(=S)n3N)[nH]n2)c1. The lowest BCUT2D eigenvalue weighted by Gasteiger charge is -2.03. The molecule has 0 unspecified atom stereocenters. The van der Waals surface area contributed by atoms with Crippen molar-refractivity contribution in [2.45, 2.75) is 13.8 Å². The number of aromatic nitrogens is 5. The van der Waals surface area contributed by atoms with Crippen LogP contribution in [0.4, 0.5) is 0 Å². The van der Waals surface area contributed by atoms with Crippen molar-refractivity contribution in [3.63, 3.8) is 0 Å². The topological polar surface area (TPSA) is 88.3 Å². The van der Waals surface area contributed by atoms with Crippen LogP contribution in [0.1, 0.15) is 11.1 Å². The zero-order valence-electron chi connectivity index (χ0n) is 11.1. The average Bonchev–Trinajstić information content (AvgIpc) is 3.01. The van der Waals surface area contributed by atoms with Crippen LogP contribution in [0.25, 0.3) is 22.8 Å². The molecule has 0 bridgehead atoms. The normalized spacial score (nSPS) is 10.9. The van der Waals surface area contributed by atoms with Gasteiger partial charge in [0.05, 0.1) is 5.69 Å². The first-order valence-electron chi connectivity index (χ1n) is 6.12. The summed E-state index contributed by atoms with van der Waals surface area (Å²) in [5.41, 5.74) is 5.02. The number of hydrogen-bond acceptors (Lipinski definition) is 4. The smallest absolute Gasteiger partial charge is 0.214 e. The number of benzene rings is 1. The lowest BCUT2D eigenvalue weighted by Crippen LogP contribution is -2.09. The van der Waals surface area contributed by atoms with Crippen LogP contribution in [-0.2, 0) is 0 Å². The zero-order valence-corrected chi connectivity index (χ0v) is 12.0. The molecule has 0 saturated heterocycles. The Labute approximate surface area is 120 Å². The van der Waals surface area contributed by atoms with Crippen molar-refractivity contribution in [2.75, 3.05) is 5.84 Å². The van der Waals surface area contributed by atoms with Gasteiger partial charge in [0, 0.05) is 5.56 Å². The summed E-state index contributed by atoms with van der Waals surface area (Å²) in [6, 6.07) is 8.18. The average molecular weight is 286 g/mol. The number of aryl methyl sites for hydroxylation is 2. The van der Waals surface area contributed by atoms with E-state index in [1.165, 1.54) is 15.8 Å². The Kier molecular flexibility index (Phi) is 2.90. The molecule has 20 heavy (non-hydrogen) atoms. The minimum Gasteiger partial charge on any atom is -0.335 e. The highest BCUT2D eigenvalue weighted by Crippen LogP contribution is 2.25. The van der Waals surface area contributed by atoms with Crippen molar-refractivity contribution in [3.05, 3.63) is 40.2 Å². The number of rotatable bonds is 2. The summed E-state index contributed by atoms with van der Waals surface area (Å²) in [6.45, 7) is 4.11. The summed E-state index contributed by atoms with van der Waals surface area (Å²) < 4.78 is 1.68. The summed E-state index contributed by atoms with van der Waals surface area (Å²) in [7, 11) is 0. The number of nitrogen functional groups attached to an aromatic ring is 1. The summed E-state index contributed by atoms with van der Waals surface area (Å²) >= 11 is 5.00. The fraction of sp³-hybridized carbons (Fsp3) is 0.154. The summed E-state index contributed by atoms with van der Waals surface area (Å²) in [6.07, 6.45) is 0. The van der Waals surface area contributed by atoms with Crippen molar-refractivity contribution in [1.82, 2.24) is 25.1 Å². The van der Waals surface area contributed by atoms with Crippen LogP contribution in [0.3, 0.4) is 0 Å². The Morgan fingerprint density at radius 3 is 2.65 bits per heavy atom. The maximum atomic E-state index is 5.81. The van der Waals surface area contributed by atoms with E-state index in [1.54, 1.807) is 0 Å². The number of H-pyrrole nitrogens is 2. The molecule has 4 N–H and O–H groups in total. The molecule has 3 aromatic rings. The predicted molar refractivity (Wildman–Crippen MR) is 80.1 cm³/mol. The lowest BCUT2D eigenvalue weighted by atomic mass is 10.0. The van der Waals surface area contributed by atoms with Gasteiger partial charge in [-0.15, -0.1) is 0 Å². The first-order valence-corrected chi connectivity index (χ1v) is 6.53. The number of nitrogens with one attached hydrogen (secondary N) is 2. The van der Waals surface area contributed by atoms with Gasteiger partial charge in [0.1, 0.15) is 5.69 Å². The molecule has 0 aliphatic rings. The first-order chi connectivity index (χ1) is 9.56. The van der Waals surface area contributed by atoms with Crippen LogP contribution in [0.2, 0.25) is 0 Å². The molecule has 0 fully saturated rings. The third-order valence-corrected chi connectivity index (χ3v) is 3.48. The van der Waals surface area contributed by atoms with Gasteiger partial charge in [0.2, 0.25) is 4.77 Å². The molecule has 0 spiro atoms. The second kappa shape index (κ2) is 4.61. The number of aromatic amines is 2. The lowest BCUT2D eigenvalue weighted by molar-refractivity contribution is 0.970. The fourth-order valence-corrected chi connectivity index (χ4v) is 2.21. The maximum absolute atomic E-state index is 5.81. The van der Waals surface area contributed by atoms with Gasteiger partial charge in [0.15, 0.2) is 5.82 Å². The van der Waals surface area contributed by atoms with E-state index in [2.05, 4.69) is 52.4 Å². The van der Waals surface area contributed by atoms with E-state index in [0.717, 1.165) is 17.0 Å². The van der Waals surface area contributed by atoms with Crippen LogP contribution in [0, 0.1) is 18.6 Å². The maximum Gasteiger partial charge on any atom is 0.214 e. The summed E-state index contributed by atoms with van der Waals surface area (Å²) in [5, 5.41) is 14.0. The Morgan fingerprint density at radius 1 is 1.15 bits per heavy atom. The van der Waals surface area contributed by atoms with Gasteiger partial charge < -0.3 is 5.84 Å². The highest BCUT2D eigenvalue weighted by atomic mass is 32.1. The Bertz CT molecular complexity index is 826. The van der Waals surface area contributed by atoms with Gasteiger partial charge in [-0.2, -0.15) is 10.2 Å². The minimum absolute atomic E-state index is 0.364. The van der Waals surface area contributed by atoms with Gasteiger partial charge in [-0.05, 0) is 43.8 Å². The monoisotopic (exact) mass is 286 g/mol. The number of nitrogens with two attached hydrogens (primary N) is 1. The van der Waals surface area contributed by atoms with Crippen LogP contribution in [0.15, 0.2) is 24.3 Å². The molecule has 0 saturated carbocycles. The Balaban J connectivity index is 2.08. The largest absolute Gasteiger partial charge is 0.335 e. The van der Waals surface area contributed by atoms with E-state index < -0.39 is 0 Å². The van der Waals surface area contributed by atoms with Crippen LogP contribution in [-0.4, -0.2) is 25.1 Å². The van der Waals surface area contributed by atoms with Crippen LogP contribution in [0.5, 0.6) is 0 Å². The Morgan fingerprint density at radius 2 is 1.95 bits per heavy atom. The number of nitrogens with zero attached hydrogens (tertiary/aromatic N) is 3. The summed E-state index contributed by atoms with van der Waals surface area (Å²) in [5.74, 6) is 6.33. The minimum atomic E-state index is 0.364. The first kappa shape index (κ1) is 12.6. The van der Waals surface area contributed by atoms with Crippen molar-refractivity contribution in [3.8, 4) is 22.8 Å². The molecule has 0 aliphatic carbocycles. The van der Waals surface area contributed by atoms with Gasteiger partial charge in [-0.3, -0.25) is 5.10 Å². The highest BCUT2D eigenvalue weighted by molar-refractivity contribution is 7.71. The molecule has 0 atom stereocenters. The van der Waals surface area contributed by atoms with Gasteiger partial charge in [-0.25, -0.2) is 9.77 Å². The van der Waals surface area contributed by atoms with Crippen molar-refractivity contribution in [1.29, 1.82) is 0 Å². The van der Waals surface area contributed by atoms with E-state index in [4.69, 9.17) is 18.1 Å². The molecule has 2 heterocycles. The molecule has 0 amide bonds. The van der Waals surface area contributed by atoms with Gasteiger partial charge in [0.25, 0.3) is 0 Å². The van der Waals surface area contributed by atoms with Gasteiger partial charge >= 0.3 is 0 Å². The van der Waals surface area contributed by atoms with E-state index >= 15 is 0 Å². The van der Waals surface area contributed by atoms with Crippen LogP contribution < -0.4 is 5.84 Å². The molecule has 3 rings (SSSR count). The van der Waals surface area contributed by atoms with E-state index in [1.807, 2.05) is 6.07 Å². The standard InChI is InChI=1S/C13H14N6S/c1-7-3-4-8(2)9(5-7)10-6-11(16-15-10)12-17-18-13(20)19(12)14/h3-6H,14H2,1-2H3,(H,15,16)(H,18,20). The van der Waals surface area contributed by atoms with E-state index in [-0.39, 0.29) is 0 Å². The molecule has 7 heteroatoms. The molecule has 1 aromatic carbocycles. The predicted octanol–water partition coefficient (Wildman–Crippen LogP) is 2.33. The molecule has 102 valence electrons. The molecule has 0 aliphatic heterocycles. The van der Waals surface area contributed by atoms with E-state index in [0.29, 0.717) is 10.6 Å². The summed E-state index contributed by atoms with van der Waals surface area (Å²) in [4.78, 5) is 0. The Hall–Kier alpha value is -2.41. The molecular formula is C13H14N6S. The quantitative estimate of drug-likeness (QED) is 0.498. The third-order valence-electron chi connectivity index (χ3n) is 3.19. The molecular weight excluding hydrogens is 272 g/mol. The second-order valence-corrected chi connectivity index (χ2v) is 5.09. The molecule has 0 radical (unpaired) electrons. The van der Waals surface area contributed by atoms with E-state index in [9.17, 15) is 0 Å². The van der Waals surface area contributed by atoms with Crippen molar-refractivity contribution >= 4 is 12.2 Å². The van der Waals surface area contributed by atoms with Crippen molar-refractivity contribution < 1.29 is 0 Å². The molecule has 2 aromatic heterocycles. The fourth-order valence-electron chi connectivity index (χ4n) is 2.08. The third kappa shape index (κ3) is 2.01. The van der Waals surface area contributed by atoms with Crippen LogP contribution >= 0.6 is 12.2 Å². The number of hydrogen-bond donors (Lipinski definition) is 3. The van der Waals surface area contributed by atoms with Gasteiger partial charge in [-0.1, -0.05) is 17.7 Å². The highest BCUT2D eigenvalue weighted by Gasteiger charge is 2.12. The zero-order chi connectivity index (χ0) is 14.3. The second-order valence-electron chi connectivity index (χ2n) is 4.71. The molecule has 6 nitrogen and oxygen atoms in total. The van der Waals surface area contributed by atoms with Crippen molar-refractivity contribution in [2.24, 2.45) is 0 Å².